The molecule has 2 aromatic rings. The standard InChI is InChI=1S/C16H20N4O3S/c17-16-19-12(10-24-16)5-6-14(21)18-11-3-1-7-20(9-11)15(22)13-4-2-8-23-13/h2,4,8,10-11H,1,3,5-7,9H2,(H2,17,19)(H,18,21)/t11-/m0/s1. The van der Waals surface area contributed by atoms with Crippen LogP contribution in [-0.2, 0) is 11.2 Å². The van der Waals surface area contributed by atoms with Crippen molar-refractivity contribution in [3.05, 3.63) is 35.2 Å². The molecule has 1 aliphatic heterocycles. The molecule has 1 aliphatic rings. The molecule has 128 valence electrons. The number of nitrogens with one attached hydrogen (secondary N) is 1. The number of thiazole rings is 1. The SMILES string of the molecule is Nc1nc(CCC(=O)N[C@H]2CCCN(C(=O)c3ccco3)C2)cs1. The summed E-state index contributed by atoms with van der Waals surface area (Å²) in [5, 5.41) is 5.39. The number of rotatable bonds is 5. The zero-order valence-corrected chi connectivity index (χ0v) is 14.1. The van der Waals surface area contributed by atoms with Crippen LogP contribution in [0.2, 0.25) is 0 Å². The number of aromatic nitrogens is 1. The van der Waals surface area contributed by atoms with E-state index in [0.29, 0.717) is 36.8 Å². The maximum Gasteiger partial charge on any atom is 0.289 e. The van der Waals surface area contributed by atoms with Gasteiger partial charge in [-0.1, -0.05) is 0 Å². The molecule has 0 unspecified atom stereocenters. The van der Waals surface area contributed by atoms with Gasteiger partial charge in [0.1, 0.15) is 0 Å². The fraction of sp³-hybridized carbons (Fsp3) is 0.438. The Kier molecular flexibility index (Phi) is 5.14. The number of nitrogens with two attached hydrogens (primary N) is 1. The van der Waals surface area contributed by atoms with Gasteiger partial charge < -0.3 is 20.4 Å². The number of anilines is 1. The number of carbonyl (C=O) groups excluding carboxylic acids is 2. The van der Waals surface area contributed by atoms with Gasteiger partial charge in [-0.05, 0) is 31.4 Å². The molecule has 2 aromatic heterocycles. The molecule has 0 spiro atoms. The molecule has 2 amide bonds. The predicted molar refractivity (Wildman–Crippen MR) is 90.6 cm³/mol. The van der Waals surface area contributed by atoms with E-state index in [2.05, 4.69) is 10.3 Å². The van der Waals surface area contributed by atoms with E-state index < -0.39 is 0 Å². The first-order valence-corrected chi connectivity index (χ1v) is 8.82. The van der Waals surface area contributed by atoms with Gasteiger partial charge in [-0.15, -0.1) is 11.3 Å². The topological polar surface area (TPSA) is 101 Å². The van der Waals surface area contributed by atoms with E-state index in [1.54, 1.807) is 17.0 Å². The van der Waals surface area contributed by atoms with Crippen molar-refractivity contribution in [2.75, 3.05) is 18.8 Å². The van der Waals surface area contributed by atoms with Crippen LogP contribution in [0.15, 0.2) is 28.2 Å². The maximum absolute atomic E-state index is 12.3. The zero-order valence-electron chi connectivity index (χ0n) is 13.2. The average molecular weight is 348 g/mol. The highest BCUT2D eigenvalue weighted by atomic mass is 32.1. The number of likely N-dealkylation sites (tertiary alicyclic amines) is 1. The van der Waals surface area contributed by atoms with Crippen LogP contribution >= 0.6 is 11.3 Å². The molecule has 0 bridgehead atoms. The molecule has 0 aliphatic carbocycles. The highest BCUT2D eigenvalue weighted by molar-refractivity contribution is 7.13. The van der Waals surface area contributed by atoms with Crippen molar-refractivity contribution >= 4 is 28.3 Å². The van der Waals surface area contributed by atoms with E-state index in [9.17, 15) is 9.59 Å². The van der Waals surface area contributed by atoms with E-state index in [4.69, 9.17) is 10.2 Å². The van der Waals surface area contributed by atoms with Crippen LogP contribution in [0.3, 0.4) is 0 Å². The summed E-state index contributed by atoms with van der Waals surface area (Å²) in [6.45, 7) is 1.19. The number of hydrogen-bond donors (Lipinski definition) is 2. The molecular formula is C16H20N4O3S. The molecule has 8 heteroatoms. The van der Waals surface area contributed by atoms with Crippen molar-refractivity contribution in [3.8, 4) is 0 Å². The fourth-order valence-electron chi connectivity index (χ4n) is 2.81. The molecule has 0 radical (unpaired) electrons. The van der Waals surface area contributed by atoms with Crippen LogP contribution in [-0.4, -0.2) is 40.8 Å². The minimum Gasteiger partial charge on any atom is -0.459 e. The van der Waals surface area contributed by atoms with Crippen LogP contribution in [0.4, 0.5) is 5.13 Å². The second-order valence-electron chi connectivity index (χ2n) is 5.81. The Hall–Kier alpha value is -2.35. The number of nitrogen functional groups attached to an aromatic ring is 1. The Morgan fingerprint density at radius 2 is 2.38 bits per heavy atom. The van der Waals surface area contributed by atoms with E-state index in [1.807, 2.05) is 5.38 Å². The summed E-state index contributed by atoms with van der Waals surface area (Å²) in [7, 11) is 0. The van der Waals surface area contributed by atoms with Gasteiger partial charge >= 0.3 is 0 Å². The first-order valence-electron chi connectivity index (χ1n) is 7.94. The van der Waals surface area contributed by atoms with E-state index in [-0.39, 0.29) is 17.9 Å². The minimum absolute atomic E-state index is 0.0225. The Morgan fingerprint density at radius 3 is 3.08 bits per heavy atom. The number of aryl methyl sites for hydroxylation is 1. The third-order valence-electron chi connectivity index (χ3n) is 3.98. The summed E-state index contributed by atoms with van der Waals surface area (Å²) in [6, 6.07) is 3.33. The van der Waals surface area contributed by atoms with Gasteiger partial charge in [0.2, 0.25) is 5.91 Å². The lowest BCUT2D eigenvalue weighted by molar-refractivity contribution is -0.122. The minimum atomic E-state index is -0.128. The first-order chi connectivity index (χ1) is 11.6. The van der Waals surface area contributed by atoms with Crippen molar-refractivity contribution in [2.45, 2.75) is 31.7 Å². The van der Waals surface area contributed by atoms with Crippen LogP contribution in [0.1, 0.15) is 35.5 Å². The summed E-state index contributed by atoms with van der Waals surface area (Å²) in [4.78, 5) is 30.3. The molecular weight excluding hydrogens is 328 g/mol. The third-order valence-corrected chi connectivity index (χ3v) is 4.71. The zero-order chi connectivity index (χ0) is 16.9. The number of furan rings is 1. The molecule has 1 fully saturated rings. The summed E-state index contributed by atoms with van der Waals surface area (Å²) in [5.74, 6) is 0.180. The number of piperidine rings is 1. The van der Waals surface area contributed by atoms with Gasteiger partial charge in [0, 0.05) is 30.9 Å². The smallest absolute Gasteiger partial charge is 0.289 e. The van der Waals surface area contributed by atoms with Gasteiger partial charge in [0.05, 0.1) is 12.0 Å². The van der Waals surface area contributed by atoms with Crippen molar-refractivity contribution in [3.63, 3.8) is 0 Å². The van der Waals surface area contributed by atoms with Gasteiger partial charge in [0.25, 0.3) is 5.91 Å². The predicted octanol–water partition coefficient (Wildman–Crippen LogP) is 1.67. The first kappa shape index (κ1) is 16.5. The maximum atomic E-state index is 12.3. The lowest BCUT2D eigenvalue weighted by atomic mass is 10.0. The fourth-order valence-corrected chi connectivity index (χ4v) is 3.41. The summed E-state index contributed by atoms with van der Waals surface area (Å²) in [5.41, 5.74) is 6.42. The van der Waals surface area contributed by atoms with E-state index in [1.165, 1.54) is 17.6 Å². The van der Waals surface area contributed by atoms with Gasteiger partial charge in [-0.3, -0.25) is 9.59 Å². The lowest BCUT2D eigenvalue weighted by Crippen LogP contribution is -2.49. The summed E-state index contributed by atoms with van der Waals surface area (Å²) >= 11 is 1.38. The molecule has 1 saturated heterocycles. The normalized spacial score (nSPS) is 17.7. The van der Waals surface area contributed by atoms with Gasteiger partial charge in [0.15, 0.2) is 10.9 Å². The summed E-state index contributed by atoms with van der Waals surface area (Å²) in [6.07, 6.45) is 4.16. The molecule has 3 rings (SSSR count). The quantitative estimate of drug-likeness (QED) is 0.856. The van der Waals surface area contributed by atoms with Gasteiger partial charge in [-0.2, -0.15) is 0 Å². The van der Waals surface area contributed by atoms with Crippen LogP contribution in [0.25, 0.3) is 0 Å². The Bertz CT molecular complexity index is 698. The molecule has 24 heavy (non-hydrogen) atoms. The largest absolute Gasteiger partial charge is 0.459 e. The molecule has 3 heterocycles. The second-order valence-corrected chi connectivity index (χ2v) is 6.70. The van der Waals surface area contributed by atoms with Crippen molar-refractivity contribution in [1.29, 1.82) is 0 Å². The Morgan fingerprint density at radius 1 is 1.50 bits per heavy atom. The average Bonchev–Trinajstić information content (AvgIpc) is 3.24. The van der Waals surface area contributed by atoms with Crippen LogP contribution in [0.5, 0.6) is 0 Å². The number of hydrogen-bond acceptors (Lipinski definition) is 6. The number of amides is 2. The second kappa shape index (κ2) is 7.48. The molecule has 0 aromatic carbocycles. The van der Waals surface area contributed by atoms with Gasteiger partial charge in [-0.25, -0.2) is 4.98 Å². The van der Waals surface area contributed by atoms with E-state index in [0.717, 1.165) is 18.5 Å². The number of carbonyl (C=O) groups is 2. The molecule has 3 N–H and O–H groups in total. The van der Waals surface area contributed by atoms with Crippen LogP contribution < -0.4 is 11.1 Å². The lowest BCUT2D eigenvalue weighted by Gasteiger charge is -2.32. The molecule has 1 atom stereocenters. The van der Waals surface area contributed by atoms with Crippen LogP contribution in [0, 0.1) is 0 Å². The summed E-state index contributed by atoms with van der Waals surface area (Å²) < 4.78 is 5.16. The number of nitrogens with zero attached hydrogens (tertiary/aromatic N) is 2. The highest BCUT2D eigenvalue weighted by Gasteiger charge is 2.26. The van der Waals surface area contributed by atoms with Crippen molar-refractivity contribution < 1.29 is 14.0 Å². The molecule has 7 nitrogen and oxygen atoms in total. The van der Waals surface area contributed by atoms with Crippen molar-refractivity contribution in [1.82, 2.24) is 15.2 Å². The third kappa shape index (κ3) is 4.14. The Balaban J connectivity index is 1.48. The monoisotopic (exact) mass is 348 g/mol. The van der Waals surface area contributed by atoms with E-state index >= 15 is 0 Å². The Labute approximate surface area is 143 Å². The molecule has 0 saturated carbocycles. The highest BCUT2D eigenvalue weighted by Crippen LogP contribution is 2.15. The van der Waals surface area contributed by atoms with Crippen molar-refractivity contribution in [2.24, 2.45) is 0 Å².